The normalized spacial score (nSPS) is 18.1. The van der Waals surface area contributed by atoms with Gasteiger partial charge in [-0.3, -0.25) is 14.5 Å². The molecule has 7 rings (SSSR count). The van der Waals surface area contributed by atoms with Crippen LogP contribution in [0.2, 0.25) is 0 Å². The fourth-order valence-corrected chi connectivity index (χ4v) is 8.15. The lowest BCUT2D eigenvalue weighted by Crippen LogP contribution is -2.29. The number of anilines is 1. The van der Waals surface area contributed by atoms with E-state index in [1.54, 1.807) is 30.3 Å². The first-order valence-corrected chi connectivity index (χ1v) is 18.1. The summed E-state index contributed by atoms with van der Waals surface area (Å²) in [6, 6.07) is 24.1. The summed E-state index contributed by atoms with van der Waals surface area (Å²) >= 11 is 2.74. The molecular formula is C38H35N3O6S2. The maximum atomic E-state index is 13.9. The number of aliphatic hydroxyl groups is 1. The Hall–Kier alpha value is -4.87. The van der Waals surface area contributed by atoms with E-state index in [1.165, 1.54) is 28.0 Å². The number of hydrogen-bond donors (Lipinski definition) is 1. The maximum Gasteiger partial charge on any atom is 0.301 e. The number of ketones is 1. The van der Waals surface area contributed by atoms with E-state index in [9.17, 15) is 14.7 Å². The van der Waals surface area contributed by atoms with Gasteiger partial charge < -0.3 is 19.3 Å². The van der Waals surface area contributed by atoms with Crippen molar-refractivity contribution in [2.45, 2.75) is 55.9 Å². The molecule has 0 radical (unpaired) electrons. The smallest absolute Gasteiger partial charge is 0.301 e. The minimum absolute atomic E-state index is 0.00786. The second-order valence-corrected chi connectivity index (χ2v) is 14.1. The maximum absolute atomic E-state index is 13.9. The monoisotopic (exact) mass is 693 g/mol. The molecule has 1 fully saturated rings. The number of thioether (sulfide) groups is 1. The zero-order chi connectivity index (χ0) is 34.1. The van der Waals surface area contributed by atoms with E-state index in [0.29, 0.717) is 52.4 Å². The molecule has 2 aliphatic heterocycles. The number of carbonyl (C=O) groups excluding carboxylic acids is 2. The number of Topliss-reactive ketones (excluding diaryl/α,β-unsaturated/α-hetero) is 1. The van der Waals surface area contributed by atoms with Crippen LogP contribution in [0.15, 0.2) is 88.8 Å². The van der Waals surface area contributed by atoms with Crippen molar-refractivity contribution in [3.8, 4) is 17.2 Å². The summed E-state index contributed by atoms with van der Waals surface area (Å²) in [4.78, 5) is 29.1. The van der Waals surface area contributed by atoms with E-state index >= 15 is 0 Å². The summed E-state index contributed by atoms with van der Waals surface area (Å²) in [5.41, 5.74) is 3.03. The van der Waals surface area contributed by atoms with E-state index in [0.717, 1.165) is 34.1 Å². The minimum atomic E-state index is -0.994. The summed E-state index contributed by atoms with van der Waals surface area (Å²) in [5, 5.41) is 23.2. The highest BCUT2D eigenvalue weighted by atomic mass is 32.2. The molecule has 0 unspecified atom stereocenters. The number of carbonyl (C=O) groups is 2. The fraction of sp³-hybridized carbons (Fsp3) is 0.263. The van der Waals surface area contributed by atoms with Crippen LogP contribution in [0.5, 0.6) is 17.2 Å². The lowest BCUT2D eigenvalue weighted by molar-refractivity contribution is -0.132. The number of aromatic nitrogens is 2. The predicted octanol–water partition coefficient (Wildman–Crippen LogP) is 8.12. The molecular weight excluding hydrogens is 659 g/mol. The number of hydrogen-bond acceptors (Lipinski definition) is 10. The molecule has 9 nitrogen and oxygen atoms in total. The molecule has 250 valence electrons. The molecule has 0 aliphatic carbocycles. The Morgan fingerprint density at radius 1 is 1.00 bits per heavy atom. The second kappa shape index (κ2) is 13.9. The zero-order valence-electron chi connectivity index (χ0n) is 27.3. The van der Waals surface area contributed by atoms with Crippen molar-refractivity contribution in [1.29, 1.82) is 0 Å². The molecule has 1 saturated heterocycles. The van der Waals surface area contributed by atoms with Crippen LogP contribution in [0.25, 0.3) is 16.5 Å². The Labute approximate surface area is 292 Å². The Balaban J connectivity index is 1.28. The van der Waals surface area contributed by atoms with Crippen LogP contribution in [-0.4, -0.2) is 46.3 Å². The molecule has 0 spiro atoms. The molecule has 1 amide bonds. The highest BCUT2D eigenvalue weighted by Gasteiger charge is 2.48. The van der Waals surface area contributed by atoms with Crippen molar-refractivity contribution >= 4 is 56.5 Å². The summed E-state index contributed by atoms with van der Waals surface area (Å²) < 4.78 is 18.4. The van der Waals surface area contributed by atoms with Crippen LogP contribution in [0.1, 0.15) is 55.5 Å². The SMILES string of the molecule is CCCOc1ccc([C@@H]2C(=C(O)c3ccc4c(c3)C[C@@H](C)O4)C(=O)C(=O)N2c2nnc(SCc3cccc4ccccc34)s2)cc1OCC. The van der Waals surface area contributed by atoms with Gasteiger partial charge in [0.05, 0.1) is 24.8 Å². The second-order valence-electron chi connectivity index (χ2n) is 11.9. The van der Waals surface area contributed by atoms with Crippen molar-refractivity contribution < 1.29 is 28.9 Å². The fourth-order valence-electron chi connectivity index (χ4n) is 6.28. The molecule has 11 heteroatoms. The Morgan fingerprint density at radius 3 is 2.67 bits per heavy atom. The molecule has 3 heterocycles. The first-order valence-electron chi connectivity index (χ1n) is 16.3. The average Bonchev–Trinajstić information content (AvgIpc) is 3.81. The number of nitrogens with zero attached hydrogens (tertiary/aromatic N) is 3. The van der Waals surface area contributed by atoms with Crippen molar-refractivity contribution in [2.75, 3.05) is 18.1 Å². The van der Waals surface area contributed by atoms with Gasteiger partial charge in [0.2, 0.25) is 5.13 Å². The van der Waals surface area contributed by atoms with Gasteiger partial charge in [0, 0.05) is 17.7 Å². The Bertz CT molecular complexity index is 2090. The molecule has 0 saturated carbocycles. The minimum Gasteiger partial charge on any atom is -0.507 e. The predicted molar refractivity (Wildman–Crippen MR) is 192 cm³/mol. The van der Waals surface area contributed by atoms with Gasteiger partial charge in [-0.25, -0.2) is 0 Å². The van der Waals surface area contributed by atoms with Gasteiger partial charge in [-0.15, -0.1) is 10.2 Å². The molecule has 1 aromatic heterocycles. The topological polar surface area (TPSA) is 111 Å². The van der Waals surface area contributed by atoms with Crippen LogP contribution in [0.3, 0.4) is 0 Å². The standard InChI is InChI=1S/C38H35N3O6S2/c1-4-17-46-30-16-13-24(20-31(30)45-5-2)33-32(34(42)25-14-15-29-27(19-25)18-22(3)47-29)35(43)36(44)41(33)37-39-40-38(49-37)48-21-26-11-8-10-23-9-6-7-12-28(23)26/h6-16,19-20,22,33,42H,4-5,17-18,21H2,1-3H3/t22-,33-/m1/s1. The van der Waals surface area contributed by atoms with Crippen molar-refractivity contribution in [2.24, 2.45) is 0 Å². The lowest BCUT2D eigenvalue weighted by atomic mass is 9.94. The highest BCUT2D eigenvalue weighted by molar-refractivity contribution is 8.00. The molecule has 2 aliphatic rings. The van der Waals surface area contributed by atoms with E-state index in [2.05, 4.69) is 34.5 Å². The van der Waals surface area contributed by atoms with Gasteiger partial charge >= 0.3 is 5.91 Å². The third kappa shape index (κ3) is 6.36. The molecule has 2 atom stereocenters. The summed E-state index contributed by atoms with van der Waals surface area (Å²) in [5.74, 6) is 0.551. The molecule has 1 N–H and O–H groups in total. The van der Waals surface area contributed by atoms with Crippen LogP contribution >= 0.6 is 23.1 Å². The molecule has 4 aromatic carbocycles. The summed E-state index contributed by atoms with van der Waals surface area (Å²) in [7, 11) is 0. The number of ether oxygens (including phenoxy) is 3. The van der Waals surface area contributed by atoms with E-state index < -0.39 is 17.7 Å². The van der Waals surface area contributed by atoms with Crippen molar-refractivity contribution in [3.63, 3.8) is 0 Å². The Kier molecular flexibility index (Phi) is 9.29. The third-order valence-corrected chi connectivity index (χ3v) is 10.6. The van der Waals surface area contributed by atoms with Crippen LogP contribution in [0, 0.1) is 0 Å². The van der Waals surface area contributed by atoms with Crippen LogP contribution < -0.4 is 19.1 Å². The van der Waals surface area contributed by atoms with Crippen LogP contribution in [-0.2, 0) is 21.8 Å². The van der Waals surface area contributed by atoms with E-state index in [4.69, 9.17) is 14.2 Å². The van der Waals surface area contributed by atoms with Crippen molar-refractivity contribution in [3.05, 3.63) is 107 Å². The Morgan fingerprint density at radius 2 is 1.84 bits per heavy atom. The third-order valence-electron chi connectivity index (χ3n) is 8.49. The first kappa shape index (κ1) is 32.7. The summed E-state index contributed by atoms with van der Waals surface area (Å²) in [6.07, 6.45) is 1.50. The van der Waals surface area contributed by atoms with Gasteiger partial charge in [-0.05, 0) is 78.1 Å². The lowest BCUT2D eigenvalue weighted by Gasteiger charge is -2.23. The number of rotatable bonds is 11. The first-order chi connectivity index (χ1) is 23.9. The number of fused-ring (bicyclic) bond motifs is 2. The number of amides is 1. The largest absolute Gasteiger partial charge is 0.507 e. The number of aliphatic hydroxyl groups excluding tert-OH is 1. The van der Waals surface area contributed by atoms with Gasteiger partial charge in [-0.2, -0.15) is 0 Å². The molecule has 5 aromatic rings. The van der Waals surface area contributed by atoms with Gasteiger partial charge in [0.25, 0.3) is 5.78 Å². The summed E-state index contributed by atoms with van der Waals surface area (Å²) in [6.45, 7) is 6.76. The van der Waals surface area contributed by atoms with Gasteiger partial charge in [0.15, 0.2) is 15.8 Å². The van der Waals surface area contributed by atoms with E-state index in [-0.39, 0.29) is 22.6 Å². The average molecular weight is 694 g/mol. The van der Waals surface area contributed by atoms with Gasteiger partial charge in [-0.1, -0.05) is 78.6 Å². The van der Waals surface area contributed by atoms with Crippen LogP contribution in [0.4, 0.5) is 5.13 Å². The molecule has 49 heavy (non-hydrogen) atoms. The quantitative estimate of drug-likeness (QED) is 0.0482. The van der Waals surface area contributed by atoms with Gasteiger partial charge in [0.1, 0.15) is 17.6 Å². The number of benzene rings is 4. The van der Waals surface area contributed by atoms with Crippen molar-refractivity contribution in [1.82, 2.24) is 10.2 Å². The highest BCUT2D eigenvalue weighted by Crippen LogP contribution is 2.46. The zero-order valence-corrected chi connectivity index (χ0v) is 29.0. The molecule has 0 bridgehead atoms. The van der Waals surface area contributed by atoms with E-state index in [1.807, 2.05) is 45.0 Å².